The lowest BCUT2D eigenvalue weighted by molar-refractivity contribution is -0.131. The summed E-state index contributed by atoms with van der Waals surface area (Å²) < 4.78 is 24.1. The van der Waals surface area contributed by atoms with Crippen LogP contribution in [0.4, 0.5) is 4.39 Å². The highest BCUT2D eigenvalue weighted by molar-refractivity contribution is 5.76. The summed E-state index contributed by atoms with van der Waals surface area (Å²) in [6, 6.07) is 4.15. The van der Waals surface area contributed by atoms with E-state index in [0.717, 1.165) is 37.2 Å². The van der Waals surface area contributed by atoms with Gasteiger partial charge in [0.1, 0.15) is 0 Å². The quantitative estimate of drug-likeness (QED) is 0.676. The Kier molecular flexibility index (Phi) is 8.02. The number of hydrogen-bond donors (Lipinski definition) is 0. The molecule has 0 bridgehead atoms. The van der Waals surface area contributed by atoms with Gasteiger partial charge in [-0.25, -0.2) is 0 Å². The summed E-state index contributed by atoms with van der Waals surface area (Å²) in [7, 11) is 0. The number of hydrogen-bond acceptors (Lipinski definition) is 3. The number of benzene rings is 1. The van der Waals surface area contributed by atoms with Crippen molar-refractivity contribution in [1.82, 2.24) is 4.90 Å². The van der Waals surface area contributed by atoms with Gasteiger partial charge < -0.3 is 14.4 Å². The molecule has 1 amide bonds. The minimum atomic E-state index is -0.434. The van der Waals surface area contributed by atoms with Crippen LogP contribution in [0.1, 0.15) is 50.7 Å². The number of fused-ring (bicyclic) bond motifs is 1. The fourth-order valence-electron chi connectivity index (χ4n) is 3.01. The second-order valence-corrected chi connectivity index (χ2v) is 6.44. The van der Waals surface area contributed by atoms with E-state index in [-0.39, 0.29) is 5.91 Å². The van der Waals surface area contributed by atoms with Gasteiger partial charge >= 0.3 is 0 Å². The van der Waals surface area contributed by atoms with Crippen molar-refractivity contribution in [3.05, 3.63) is 23.3 Å². The lowest BCUT2D eigenvalue weighted by Crippen LogP contribution is -2.33. The molecular weight excluding hydrogens is 321 g/mol. The van der Waals surface area contributed by atoms with Crippen LogP contribution in [0, 0.1) is 0 Å². The first-order valence-corrected chi connectivity index (χ1v) is 9.44. The van der Waals surface area contributed by atoms with E-state index in [1.807, 2.05) is 4.90 Å². The van der Waals surface area contributed by atoms with Gasteiger partial charge in [0, 0.05) is 19.5 Å². The zero-order valence-corrected chi connectivity index (χ0v) is 15.5. The Hall–Kier alpha value is -1.78. The highest BCUT2D eigenvalue weighted by Gasteiger charge is 2.20. The summed E-state index contributed by atoms with van der Waals surface area (Å²) >= 11 is 0. The molecule has 1 aromatic rings. The van der Waals surface area contributed by atoms with Crippen LogP contribution in [-0.2, 0) is 17.6 Å². The SMILES string of the molecule is CCCOc1cc2c(cc1OCCC)CCN(C(=O)CCCF)CC2. The molecule has 5 heteroatoms. The zero-order valence-electron chi connectivity index (χ0n) is 15.5. The number of rotatable bonds is 9. The first kappa shape index (κ1) is 19.5. The monoisotopic (exact) mass is 351 g/mol. The number of carbonyl (C=O) groups is 1. The topological polar surface area (TPSA) is 38.8 Å². The Morgan fingerprint density at radius 2 is 1.56 bits per heavy atom. The Bertz CT molecular complexity index is 523. The predicted octanol–water partition coefficient (Wildman–Crippen LogP) is 3.94. The largest absolute Gasteiger partial charge is 0.490 e. The van der Waals surface area contributed by atoms with Crippen LogP contribution in [0.5, 0.6) is 11.5 Å². The van der Waals surface area contributed by atoms with Crippen LogP contribution in [0.3, 0.4) is 0 Å². The molecule has 0 saturated carbocycles. The van der Waals surface area contributed by atoms with Crippen LogP contribution < -0.4 is 9.47 Å². The molecule has 0 radical (unpaired) electrons. The Morgan fingerprint density at radius 1 is 1.04 bits per heavy atom. The third-order valence-corrected chi connectivity index (χ3v) is 4.37. The summed E-state index contributed by atoms with van der Waals surface area (Å²) in [5.41, 5.74) is 2.44. The number of halogens is 1. The molecule has 4 nitrogen and oxygen atoms in total. The van der Waals surface area contributed by atoms with Crippen LogP contribution in [0.25, 0.3) is 0 Å². The third-order valence-electron chi connectivity index (χ3n) is 4.37. The van der Waals surface area contributed by atoms with Gasteiger partial charge in [-0.1, -0.05) is 13.8 Å². The fraction of sp³-hybridized carbons (Fsp3) is 0.650. The minimum Gasteiger partial charge on any atom is -0.490 e. The molecule has 0 spiro atoms. The van der Waals surface area contributed by atoms with Crippen molar-refractivity contribution >= 4 is 5.91 Å². The van der Waals surface area contributed by atoms with E-state index < -0.39 is 6.67 Å². The van der Waals surface area contributed by atoms with E-state index in [2.05, 4.69) is 26.0 Å². The Balaban J connectivity index is 2.13. The standard InChI is InChI=1S/C20H30FNO3/c1-3-12-24-18-14-16-7-10-22(20(23)6-5-9-21)11-8-17(16)15-19(18)25-13-4-2/h14-15H,3-13H2,1-2H3. The van der Waals surface area contributed by atoms with Crippen molar-refractivity contribution < 1.29 is 18.7 Å². The van der Waals surface area contributed by atoms with Gasteiger partial charge in [-0.3, -0.25) is 9.18 Å². The average Bonchev–Trinajstić information content (AvgIpc) is 2.84. The van der Waals surface area contributed by atoms with Gasteiger partial charge in [0.25, 0.3) is 0 Å². The van der Waals surface area contributed by atoms with Gasteiger partial charge in [-0.2, -0.15) is 0 Å². The van der Waals surface area contributed by atoms with Gasteiger partial charge in [-0.05, 0) is 55.4 Å². The minimum absolute atomic E-state index is 0.0513. The molecule has 0 unspecified atom stereocenters. The molecule has 1 heterocycles. The molecule has 0 N–H and O–H groups in total. The number of amides is 1. The van der Waals surface area contributed by atoms with Crippen molar-refractivity contribution in [2.45, 2.75) is 52.4 Å². The van der Waals surface area contributed by atoms with E-state index in [1.165, 1.54) is 11.1 Å². The molecule has 140 valence electrons. The number of alkyl halides is 1. The number of carbonyl (C=O) groups excluding carboxylic acids is 1. The maximum absolute atomic E-state index is 12.3. The van der Waals surface area contributed by atoms with Crippen molar-refractivity contribution in [2.75, 3.05) is 33.0 Å². The maximum Gasteiger partial charge on any atom is 0.222 e. The van der Waals surface area contributed by atoms with Crippen molar-refractivity contribution in [1.29, 1.82) is 0 Å². The molecule has 1 aliphatic rings. The second-order valence-electron chi connectivity index (χ2n) is 6.44. The lowest BCUT2D eigenvalue weighted by Gasteiger charge is -2.19. The molecule has 0 saturated heterocycles. The van der Waals surface area contributed by atoms with Crippen molar-refractivity contribution in [2.24, 2.45) is 0 Å². The first-order valence-electron chi connectivity index (χ1n) is 9.44. The van der Waals surface area contributed by atoms with Crippen molar-refractivity contribution in [3.8, 4) is 11.5 Å². The fourth-order valence-corrected chi connectivity index (χ4v) is 3.01. The summed E-state index contributed by atoms with van der Waals surface area (Å²) in [6.45, 7) is 6.41. The van der Waals surface area contributed by atoms with Crippen LogP contribution in [0.2, 0.25) is 0 Å². The predicted molar refractivity (Wildman–Crippen MR) is 97.2 cm³/mol. The first-order chi connectivity index (χ1) is 12.2. The average molecular weight is 351 g/mol. The third kappa shape index (κ3) is 5.62. The summed E-state index contributed by atoms with van der Waals surface area (Å²) in [4.78, 5) is 14.0. The molecule has 2 rings (SSSR count). The van der Waals surface area contributed by atoms with E-state index in [4.69, 9.17) is 9.47 Å². The molecule has 0 aliphatic carbocycles. The van der Waals surface area contributed by atoms with Crippen LogP contribution in [-0.4, -0.2) is 43.8 Å². The van der Waals surface area contributed by atoms with E-state index in [9.17, 15) is 9.18 Å². The molecule has 0 aromatic heterocycles. The molecule has 0 fully saturated rings. The van der Waals surface area contributed by atoms with Crippen LogP contribution >= 0.6 is 0 Å². The second kappa shape index (κ2) is 10.3. The molecular formula is C20H30FNO3. The van der Waals surface area contributed by atoms with Gasteiger partial charge in [0.2, 0.25) is 5.91 Å². The maximum atomic E-state index is 12.3. The van der Waals surface area contributed by atoms with Crippen molar-refractivity contribution in [3.63, 3.8) is 0 Å². The normalized spacial score (nSPS) is 14.0. The van der Waals surface area contributed by atoms with E-state index in [1.54, 1.807) is 0 Å². The molecule has 25 heavy (non-hydrogen) atoms. The summed E-state index contributed by atoms with van der Waals surface area (Å²) in [5, 5.41) is 0. The summed E-state index contributed by atoms with van der Waals surface area (Å²) in [5.74, 6) is 1.65. The number of nitrogens with zero attached hydrogens (tertiary/aromatic N) is 1. The molecule has 0 atom stereocenters. The highest BCUT2D eigenvalue weighted by Crippen LogP contribution is 2.33. The highest BCUT2D eigenvalue weighted by atomic mass is 19.1. The summed E-state index contributed by atoms with van der Waals surface area (Å²) in [6.07, 6.45) is 4.09. The van der Waals surface area contributed by atoms with Crippen LogP contribution in [0.15, 0.2) is 12.1 Å². The molecule has 1 aromatic carbocycles. The Morgan fingerprint density at radius 3 is 2.00 bits per heavy atom. The number of ether oxygens (including phenoxy) is 2. The Labute approximate surface area is 150 Å². The van der Waals surface area contributed by atoms with Gasteiger partial charge in [0.05, 0.1) is 19.9 Å². The zero-order chi connectivity index (χ0) is 18.1. The smallest absolute Gasteiger partial charge is 0.222 e. The lowest BCUT2D eigenvalue weighted by atomic mass is 10.0. The van der Waals surface area contributed by atoms with E-state index >= 15 is 0 Å². The molecule has 1 aliphatic heterocycles. The van der Waals surface area contributed by atoms with E-state index in [0.29, 0.717) is 39.1 Å². The van der Waals surface area contributed by atoms with Gasteiger partial charge in [-0.15, -0.1) is 0 Å². The van der Waals surface area contributed by atoms with Gasteiger partial charge in [0.15, 0.2) is 11.5 Å².